The number of amides is 1. The second-order valence-electron chi connectivity index (χ2n) is 26.7. The third-order valence-corrected chi connectivity index (χ3v) is 18.2. The molecule has 0 saturated carbocycles. The molecule has 6 heteroatoms. The molecule has 0 aliphatic carbocycles. The Balaban J connectivity index is 3.39. The van der Waals surface area contributed by atoms with Crippen molar-refractivity contribution in [3.63, 3.8) is 0 Å². The Kier molecular flexibility index (Phi) is 72.9. The molecule has 0 aliphatic heterocycles. The number of rotatable bonds is 73. The highest BCUT2D eigenvalue weighted by Gasteiger charge is 2.20. The molecule has 2 unspecified atom stereocenters. The van der Waals surface area contributed by atoms with Crippen LogP contribution in [0.15, 0.2) is 36.5 Å². The van der Waals surface area contributed by atoms with Crippen molar-refractivity contribution in [2.45, 2.75) is 443 Å². The number of nitrogens with one attached hydrogen (secondary N) is 1. The van der Waals surface area contributed by atoms with Gasteiger partial charge in [-0.25, -0.2) is 0 Å². The number of carbonyl (C=O) groups excluding carboxylic acids is 2. The third kappa shape index (κ3) is 71.0. The first-order chi connectivity index (χ1) is 42.0. The molecular weight excluding hydrogens is 1040 g/mol. The highest BCUT2D eigenvalue weighted by molar-refractivity contribution is 5.76. The largest absolute Gasteiger partial charge is 0.466 e. The number of hydrogen-bond donors (Lipinski definition) is 3. The van der Waals surface area contributed by atoms with E-state index in [2.05, 4.69) is 55.6 Å². The van der Waals surface area contributed by atoms with Crippen molar-refractivity contribution in [1.82, 2.24) is 5.32 Å². The fourth-order valence-electron chi connectivity index (χ4n) is 12.3. The molecule has 2 atom stereocenters. The van der Waals surface area contributed by atoms with Crippen molar-refractivity contribution < 1.29 is 24.5 Å². The van der Waals surface area contributed by atoms with Crippen LogP contribution in [0.1, 0.15) is 431 Å². The Labute approximate surface area is 532 Å². The van der Waals surface area contributed by atoms with Gasteiger partial charge < -0.3 is 20.3 Å². The summed E-state index contributed by atoms with van der Waals surface area (Å²) in [5.74, 6) is -0.0247. The first kappa shape index (κ1) is 83.1. The number of carbonyl (C=O) groups is 2. The molecule has 0 aliphatic rings. The molecule has 0 aromatic carbocycles. The minimum absolute atomic E-state index is 0.00977. The summed E-state index contributed by atoms with van der Waals surface area (Å²) in [6.07, 6.45) is 96.4. The number of allylic oxidation sites excluding steroid dienone is 6. The number of hydrogen-bond acceptors (Lipinski definition) is 5. The van der Waals surface area contributed by atoms with Gasteiger partial charge in [-0.05, 0) is 83.5 Å². The van der Waals surface area contributed by atoms with E-state index in [4.69, 9.17) is 4.74 Å². The Hall–Kier alpha value is -1.92. The maximum absolute atomic E-state index is 12.6. The SMILES string of the molecule is CCCCC/C=C\C/C=C\CCCCCCCCCCCC(=O)OCCCCCCCCCCCCCC/C=C\CCCCCCCCCCC(=O)NC(CO)C(O)CCCCCCCCCCCCCCCCCCCCCCCCCCC. The summed E-state index contributed by atoms with van der Waals surface area (Å²) in [6, 6.07) is -0.547. The predicted molar refractivity (Wildman–Crippen MR) is 375 cm³/mol. The van der Waals surface area contributed by atoms with Gasteiger partial charge >= 0.3 is 5.97 Å². The molecule has 0 radical (unpaired) electrons. The van der Waals surface area contributed by atoms with Gasteiger partial charge in [0.05, 0.1) is 25.4 Å². The van der Waals surface area contributed by atoms with Crippen molar-refractivity contribution >= 4 is 11.9 Å². The topological polar surface area (TPSA) is 95.9 Å². The minimum atomic E-state index is -0.669. The lowest BCUT2D eigenvalue weighted by molar-refractivity contribution is -0.143. The molecule has 0 heterocycles. The molecule has 0 saturated heterocycles. The van der Waals surface area contributed by atoms with Crippen LogP contribution in [-0.4, -0.2) is 47.4 Å². The van der Waals surface area contributed by atoms with Gasteiger partial charge in [0.15, 0.2) is 0 Å². The Morgan fingerprint density at radius 3 is 0.929 bits per heavy atom. The number of aliphatic hydroxyl groups excluding tert-OH is 2. The standard InChI is InChI=1S/C79H151NO5/c1-3-5-7-9-11-13-15-17-19-21-23-24-25-26-29-32-36-39-43-47-51-55-59-63-67-71-77(82)76(75-81)80-78(83)72-68-64-60-56-52-48-44-40-37-33-30-27-28-31-34-38-42-46-50-54-58-62-66-70-74-85-79(84)73-69-65-61-57-53-49-45-41-35-22-20-18-16-14-12-10-8-6-4-2/h12,14,18,20,30,33,76-77,81-82H,3-11,13,15-17,19,21-29,31-32,34-75H2,1-2H3,(H,80,83)/b14-12-,20-18-,33-30-. The van der Waals surface area contributed by atoms with Gasteiger partial charge in [0, 0.05) is 12.8 Å². The van der Waals surface area contributed by atoms with Crippen molar-refractivity contribution in [2.24, 2.45) is 0 Å². The number of ether oxygens (including phenoxy) is 1. The van der Waals surface area contributed by atoms with E-state index in [0.717, 1.165) is 51.4 Å². The highest BCUT2D eigenvalue weighted by atomic mass is 16.5. The van der Waals surface area contributed by atoms with Crippen molar-refractivity contribution in [1.29, 1.82) is 0 Å². The fraction of sp³-hybridized carbons (Fsp3) is 0.899. The Morgan fingerprint density at radius 2 is 0.588 bits per heavy atom. The van der Waals surface area contributed by atoms with E-state index >= 15 is 0 Å². The average molecular weight is 1200 g/mol. The quantitative estimate of drug-likeness (QED) is 0.0320. The van der Waals surface area contributed by atoms with Crippen molar-refractivity contribution in [3.8, 4) is 0 Å². The summed E-state index contributed by atoms with van der Waals surface area (Å²) in [6.45, 7) is 4.97. The molecule has 0 aromatic rings. The molecule has 6 nitrogen and oxygen atoms in total. The summed E-state index contributed by atoms with van der Waals surface area (Å²) >= 11 is 0. The van der Waals surface area contributed by atoms with Gasteiger partial charge in [-0.1, -0.05) is 371 Å². The van der Waals surface area contributed by atoms with E-state index in [1.165, 1.54) is 347 Å². The zero-order chi connectivity index (χ0) is 61.3. The molecule has 0 rings (SSSR count). The van der Waals surface area contributed by atoms with Crippen LogP contribution in [0.5, 0.6) is 0 Å². The van der Waals surface area contributed by atoms with Crippen molar-refractivity contribution in [3.05, 3.63) is 36.5 Å². The molecule has 0 spiro atoms. The molecule has 85 heavy (non-hydrogen) atoms. The third-order valence-electron chi connectivity index (χ3n) is 18.2. The lowest BCUT2D eigenvalue weighted by Crippen LogP contribution is -2.45. The second-order valence-corrected chi connectivity index (χ2v) is 26.7. The van der Waals surface area contributed by atoms with Crippen LogP contribution in [0.25, 0.3) is 0 Å². The molecule has 0 fully saturated rings. The van der Waals surface area contributed by atoms with E-state index in [1.54, 1.807) is 0 Å². The van der Waals surface area contributed by atoms with Gasteiger partial charge in [-0.3, -0.25) is 9.59 Å². The predicted octanol–water partition coefficient (Wildman–Crippen LogP) is 25.4. The van der Waals surface area contributed by atoms with E-state index in [9.17, 15) is 19.8 Å². The lowest BCUT2D eigenvalue weighted by Gasteiger charge is -2.22. The monoisotopic (exact) mass is 1190 g/mol. The van der Waals surface area contributed by atoms with Gasteiger partial charge in [0.2, 0.25) is 5.91 Å². The van der Waals surface area contributed by atoms with Crippen molar-refractivity contribution in [2.75, 3.05) is 13.2 Å². The summed E-state index contributed by atoms with van der Waals surface area (Å²) in [5, 5.41) is 23.5. The van der Waals surface area contributed by atoms with Crippen LogP contribution in [0.2, 0.25) is 0 Å². The maximum Gasteiger partial charge on any atom is 0.305 e. The van der Waals surface area contributed by atoms with Gasteiger partial charge in [0.25, 0.3) is 0 Å². The zero-order valence-corrected chi connectivity index (χ0v) is 57.6. The Bertz CT molecular complexity index is 1380. The average Bonchev–Trinajstić information content (AvgIpc) is 3.51. The van der Waals surface area contributed by atoms with Gasteiger partial charge in [0.1, 0.15) is 0 Å². The smallest absolute Gasteiger partial charge is 0.305 e. The van der Waals surface area contributed by atoms with E-state index in [-0.39, 0.29) is 18.5 Å². The lowest BCUT2D eigenvalue weighted by atomic mass is 10.0. The summed E-state index contributed by atoms with van der Waals surface area (Å²) in [4.78, 5) is 24.7. The van der Waals surface area contributed by atoms with Crippen LogP contribution in [0.3, 0.4) is 0 Å². The molecule has 3 N–H and O–H groups in total. The molecule has 0 bridgehead atoms. The maximum atomic E-state index is 12.6. The number of esters is 1. The molecule has 0 aromatic heterocycles. The normalized spacial score (nSPS) is 12.7. The van der Waals surface area contributed by atoms with Crippen LogP contribution in [0.4, 0.5) is 0 Å². The van der Waals surface area contributed by atoms with Gasteiger partial charge in [-0.2, -0.15) is 0 Å². The van der Waals surface area contributed by atoms with Crippen LogP contribution >= 0.6 is 0 Å². The zero-order valence-electron chi connectivity index (χ0n) is 57.6. The summed E-state index contributed by atoms with van der Waals surface area (Å²) in [5.41, 5.74) is 0. The highest BCUT2D eigenvalue weighted by Crippen LogP contribution is 2.19. The molecule has 502 valence electrons. The van der Waals surface area contributed by atoms with Gasteiger partial charge in [-0.15, -0.1) is 0 Å². The van der Waals surface area contributed by atoms with E-state index in [0.29, 0.717) is 25.9 Å². The van der Waals surface area contributed by atoms with Crippen LogP contribution < -0.4 is 5.32 Å². The van der Waals surface area contributed by atoms with E-state index in [1.807, 2.05) is 0 Å². The molecule has 1 amide bonds. The van der Waals surface area contributed by atoms with Crippen LogP contribution in [-0.2, 0) is 14.3 Å². The Morgan fingerprint density at radius 1 is 0.329 bits per heavy atom. The number of unbranched alkanes of at least 4 members (excludes halogenated alkanes) is 56. The van der Waals surface area contributed by atoms with Crippen LogP contribution in [0, 0.1) is 0 Å². The first-order valence-electron chi connectivity index (χ1n) is 38.7. The summed E-state index contributed by atoms with van der Waals surface area (Å²) in [7, 11) is 0. The molecular formula is C79H151NO5. The number of aliphatic hydroxyl groups is 2. The fourth-order valence-corrected chi connectivity index (χ4v) is 12.3. The van der Waals surface area contributed by atoms with E-state index < -0.39 is 12.1 Å². The second kappa shape index (κ2) is 74.5. The minimum Gasteiger partial charge on any atom is -0.466 e. The first-order valence-corrected chi connectivity index (χ1v) is 38.7. The summed E-state index contributed by atoms with van der Waals surface area (Å²) < 4.78 is 5.51.